The molecule has 2 nitrogen and oxygen atoms in total. The van der Waals surface area contributed by atoms with E-state index in [9.17, 15) is 13.6 Å². The lowest BCUT2D eigenvalue weighted by Gasteiger charge is -2.38. The van der Waals surface area contributed by atoms with Crippen LogP contribution in [0.25, 0.3) is 0 Å². The molecule has 1 amide bonds. The van der Waals surface area contributed by atoms with Gasteiger partial charge in [-0.05, 0) is 59.5 Å². The average Bonchev–Trinajstić information content (AvgIpc) is 2.68. The van der Waals surface area contributed by atoms with Crippen molar-refractivity contribution in [2.45, 2.75) is 12.5 Å². The maximum Gasteiger partial charge on any atom is 0.254 e. The predicted octanol–water partition coefficient (Wildman–Crippen LogP) is 4.75. The molecule has 0 saturated heterocycles. The van der Waals surface area contributed by atoms with Gasteiger partial charge >= 0.3 is 0 Å². The Morgan fingerprint density at radius 1 is 0.846 bits per heavy atom. The molecule has 0 aromatic heterocycles. The number of hydrogen-bond acceptors (Lipinski definition) is 1. The van der Waals surface area contributed by atoms with Crippen molar-refractivity contribution in [2.24, 2.45) is 0 Å². The van der Waals surface area contributed by atoms with Crippen LogP contribution in [-0.4, -0.2) is 17.4 Å². The van der Waals surface area contributed by atoms with Gasteiger partial charge in [0, 0.05) is 12.1 Å². The summed E-state index contributed by atoms with van der Waals surface area (Å²) in [6.45, 7) is 0.551. The van der Waals surface area contributed by atoms with Gasteiger partial charge < -0.3 is 4.90 Å². The molecular weight excluding hydrogens is 332 g/mol. The minimum atomic E-state index is -0.374. The van der Waals surface area contributed by atoms with Crippen molar-refractivity contribution in [1.82, 2.24) is 4.90 Å². The Hall–Kier alpha value is -3.01. The number of hydrogen-bond donors (Lipinski definition) is 0. The molecule has 0 N–H and O–H groups in total. The van der Waals surface area contributed by atoms with Gasteiger partial charge in [0.1, 0.15) is 11.6 Å². The molecule has 4 heteroatoms. The van der Waals surface area contributed by atoms with E-state index >= 15 is 0 Å². The smallest absolute Gasteiger partial charge is 0.254 e. The van der Waals surface area contributed by atoms with E-state index in [4.69, 9.17) is 0 Å². The van der Waals surface area contributed by atoms with Crippen molar-refractivity contribution < 1.29 is 13.6 Å². The van der Waals surface area contributed by atoms with E-state index in [1.807, 2.05) is 18.2 Å². The van der Waals surface area contributed by atoms with Gasteiger partial charge in [0.05, 0.1) is 6.04 Å². The number of halogens is 2. The summed E-state index contributed by atoms with van der Waals surface area (Å²) in [4.78, 5) is 14.9. The van der Waals surface area contributed by atoms with E-state index in [0.29, 0.717) is 12.1 Å². The summed E-state index contributed by atoms with van der Waals surface area (Å²) in [6.07, 6.45) is 0.751. The van der Waals surface area contributed by atoms with Crippen LogP contribution in [0.15, 0.2) is 72.8 Å². The van der Waals surface area contributed by atoms with Crippen LogP contribution in [0.1, 0.15) is 33.1 Å². The van der Waals surface area contributed by atoms with E-state index < -0.39 is 0 Å². The first-order chi connectivity index (χ1) is 12.6. The second-order valence-corrected chi connectivity index (χ2v) is 6.41. The molecule has 3 aromatic carbocycles. The van der Waals surface area contributed by atoms with Crippen LogP contribution in [0.2, 0.25) is 0 Å². The third-order valence-electron chi connectivity index (χ3n) is 4.82. The molecule has 1 atom stereocenters. The highest BCUT2D eigenvalue weighted by Gasteiger charge is 2.32. The SMILES string of the molecule is O=C(c1ccc(F)cc1)N1CCc2ccccc2[C@H]1c1ccc(F)cc1. The zero-order valence-electron chi connectivity index (χ0n) is 14.0. The molecule has 4 rings (SSSR count). The van der Waals surface area contributed by atoms with Crippen molar-refractivity contribution in [3.63, 3.8) is 0 Å². The summed E-state index contributed by atoms with van der Waals surface area (Å²) in [5, 5.41) is 0. The Morgan fingerprint density at radius 2 is 1.46 bits per heavy atom. The van der Waals surface area contributed by atoms with E-state index in [1.54, 1.807) is 17.0 Å². The molecule has 3 aromatic rings. The summed E-state index contributed by atoms with van der Waals surface area (Å²) in [5.41, 5.74) is 3.53. The van der Waals surface area contributed by atoms with E-state index in [0.717, 1.165) is 17.5 Å². The van der Waals surface area contributed by atoms with Gasteiger partial charge in [-0.2, -0.15) is 0 Å². The van der Waals surface area contributed by atoms with Gasteiger partial charge in [-0.3, -0.25) is 4.79 Å². The Labute approximate surface area is 150 Å². The van der Waals surface area contributed by atoms with Gasteiger partial charge in [0.25, 0.3) is 5.91 Å². The second-order valence-electron chi connectivity index (χ2n) is 6.41. The quantitative estimate of drug-likeness (QED) is 0.654. The number of amides is 1. The highest BCUT2D eigenvalue weighted by molar-refractivity contribution is 5.95. The fourth-order valence-electron chi connectivity index (χ4n) is 3.55. The van der Waals surface area contributed by atoms with Gasteiger partial charge in [0.15, 0.2) is 0 Å². The lowest BCUT2D eigenvalue weighted by atomic mass is 9.87. The first kappa shape index (κ1) is 16.5. The van der Waals surface area contributed by atoms with Crippen molar-refractivity contribution in [3.05, 3.63) is 107 Å². The van der Waals surface area contributed by atoms with Gasteiger partial charge in [-0.1, -0.05) is 36.4 Å². The monoisotopic (exact) mass is 349 g/mol. The third kappa shape index (κ3) is 2.99. The number of fused-ring (bicyclic) bond motifs is 1. The summed E-state index contributed by atoms with van der Waals surface area (Å²) >= 11 is 0. The van der Waals surface area contributed by atoms with Gasteiger partial charge in [0.2, 0.25) is 0 Å². The van der Waals surface area contributed by atoms with Crippen molar-refractivity contribution >= 4 is 5.91 Å². The summed E-state index contributed by atoms with van der Waals surface area (Å²) in [7, 11) is 0. The van der Waals surface area contributed by atoms with Crippen LogP contribution in [0.5, 0.6) is 0 Å². The standard InChI is InChI=1S/C22H17F2NO/c23-18-9-5-16(6-10-18)21-20-4-2-1-3-15(20)13-14-25(21)22(26)17-7-11-19(24)12-8-17/h1-12,21H,13-14H2/t21-/m1/s1. The number of benzene rings is 3. The predicted molar refractivity (Wildman–Crippen MR) is 95.8 cm³/mol. The number of nitrogens with zero attached hydrogens (tertiary/aromatic N) is 1. The third-order valence-corrected chi connectivity index (χ3v) is 4.82. The molecule has 0 radical (unpaired) electrons. The normalized spacial score (nSPS) is 16.2. The minimum absolute atomic E-state index is 0.158. The van der Waals surface area contributed by atoms with Crippen LogP contribution < -0.4 is 0 Å². The highest BCUT2D eigenvalue weighted by atomic mass is 19.1. The van der Waals surface area contributed by atoms with Crippen molar-refractivity contribution in [3.8, 4) is 0 Å². The average molecular weight is 349 g/mol. The minimum Gasteiger partial charge on any atom is -0.327 e. The van der Waals surface area contributed by atoms with E-state index in [-0.39, 0.29) is 23.6 Å². The van der Waals surface area contributed by atoms with Crippen LogP contribution in [-0.2, 0) is 6.42 Å². The fourth-order valence-corrected chi connectivity index (χ4v) is 3.55. The largest absolute Gasteiger partial charge is 0.327 e. The van der Waals surface area contributed by atoms with Crippen molar-refractivity contribution in [2.75, 3.05) is 6.54 Å². The molecule has 26 heavy (non-hydrogen) atoms. The number of carbonyl (C=O) groups is 1. The summed E-state index contributed by atoms with van der Waals surface area (Å²) < 4.78 is 26.6. The molecule has 130 valence electrons. The zero-order chi connectivity index (χ0) is 18.1. The fraction of sp³-hybridized carbons (Fsp3) is 0.136. The molecule has 1 aliphatic rings. The topological polar surface area (TPSA) is 20.3 Å². The number of carbonyl (C=O) groups excluding carboxylic acids is 1. The molecule has 0 aliphatic carbocycles. The molecule has 0 bridgehead atoms. The summed E-state index contributed by atoms with van der Waals surface area (Å²) in [6, 6.07) is 19.5. The molecule has 1 heterocycles. The Balaban J connectivity index is 1.78. The second kappa shape index (κ2) is 6.71. The zero-order valence-corrected chi connectivity index (χ0v) is 14.0. The van der Waals surface area contributed by atoms with Gasteiger partial charge in [-0.15, -0.1) is 0 Å². The first-order valence-corrected chi connectivity index (χ1v) is 8.53. The van der Waals surface area contributed by atoms with E-state index in [2.05, 4.69) is 6.07 Å². The Kier molecular flexibility index (Phi) is 4.25. The molecule has 1 aliphatic heterocycles. The highest BCUT2D eigenvalue weighted by Crippen LogP contribution is 2.36. The molecule has 0 saturated carbocycles. The Bertz CT molecular complexity index is 935. The van der Waals surface area contributed by atoms with Crippen LogP contribution in [0.3, 0.4) is 0 Å². The van der Waals surface area contributed by atoms with Crippen LogP contribution >= 0.6 is 0 Å². The molecule has 0 unspecified atom stereocenters. The lowest BCUT2D eigenvalue weighted by Crippen LogP contribution is -2.40. The Morgan fingerprint density at radius 3 is 2.15 bits per heavy atom. The van der Waals surface area contributed by atoms with Gasteiger partial charge in [-0.25, -0.2) is 8.78 Å². The van der Waals surface area contributed by atoms with Crippen molar-refractivity contribution in [1.29, 1.82) is 0 Å². The molecular formula is C22H17F2NO. The maximum absolute atomic E-state index is 13.4. The summed E-state index contributed by atoms with van der Waals surface area (Å²) in [5.74, 6) is -0.844. The molecule has 0 spiro atoms. The van der Waals surface area contributed by atoms with Crippen LogP contribution in [0, 0.1) is 11.6 Å². The van der Waals surface area contributed by atoms with Crippen LogP contribution in [0.4, 0.5) is 8.78 Å². The maximum atomic E-state index is 13.4. The molecule has 0 fully saturated rings. The number of rotatable bonds is 2. The van der Waals surface area contributed by atoms with E-state index in [1.165, 1.54) is 42.0 Å². The first-order valence-electron chi connectivity index (χ1n) is 8.53. The lowest BCUT2D eigenvalue weighted by molar-refractivity contribution is 0.0694.